The maximum atomic E-state index is 2.50. The number of halogens is 3. The number of benzene rings is 3. The van der Waals surface area contributed by atoms with E-state index in [0.29, 0.717) is 0 Å². The third-order valence-corrected chi connectivity index (χ3v) is 10.6. The number of rotatable bonds is 4. The molecule has 0 aromatic heterocycles. The van der Waals surface area contributed by atoms with Gasteiger partial charge in [-0.05, 0) is 0 Å². The molecule has 146 valence electrons. The molecule has 0 aliphatic heterocycles. The van der Waals surface area contributed by atoms with Gasteiger partial charge in [-0.15, -0.1) is 0 Å². The summed E-state index contributed by atoms with van der Waals surface area (Å²) in [4.78, 5) is 0. The molecule has 0 radical (unpaired) electrons. The molecule has 0 fully saturated rings. The van der Waals surface area contributed by atoms with Crippen molar-refractivity contribution in [3.63, 3.8) is 0 Å². The fraction of sp³-hybridized carbons (Fsp3) is 0.0833. The van der Waals surface area contributed by atoms with Crippen LogP contribution in [0.25, 0.3) is 5.57 Å². The molecule has 3 aromatic rings. The van der Waals surface area contributed by atoms with Gasteiger partial charge in [-0.3, -0.25) is 0 Å². The molecule has 0 N–H and O–H groups in total. The van der Waals surface area contributed by atoms with Crippen LogP contribution in [-0.2, 0) is 20.4 Å². The number of hydrogen-bond donors (Lipinski definition) is 0. The zero-order valence-corrected chi connectivity index (χ0v) is 20.9. The smallest absolute Gasteiger partial charge is 1.00 e. The monoisotopic (exact) mass is 490 g/mol. The molecule has 4 rings (SSSR count). The minimum atomic E-state index is -2.05. The molecule has 0 unspecified atom stereocenters. The van der Waals surface area contributed by atoms with Crippen molar-refractivity contribution in [3.8, 4) is 0 Å². The van der Waals surface area contributed by atoms with Gasteiger partial charge >= 0.3 is 169 Å². The van der Waals surface area contributed by atoms with E-state index >= 15 is 0 Å². The molecule has 1 aliphatic rings. The SMILES string of the molecule is C[Si](C1=CC[C]([Ti+3])=C1c1ccccc1)(c1ccccc1)c1ccccc1.[Cl-].[Cl-].[Cl-]. The molecule has 0 saturated carbocycles. The zero-order valence-electron chi connectivity index (χ0n) is 16.1. The second kappa shape index (κ2) is 11.4. The Balaban J connectivity index is 0.00000140. The first-order valence-electron chi connectivity index (χ1n) is 9.03. The summed E-state index contributed by atoms with van der Waals surface area (Å²) in [6.07, 6.45) is 3.55. The summed E-state index contributed by atoms with van der Waals surface area (Å²) in [7, 11) is -2.05. The van der Waals surface area contributed by atoms with Gasteiger partial charge in [0.15, 0.2) is 0 Å². The van der Waals surface area contributed by atoms with E-state index in [1.54, 1.807) is 5.20 Å². The van der Waals surface area contributed by atoms with Crippen LogP contribution in [0.5, 0.6) is 0 Å². The van der Waals surface area contributed by atoms with Gasteiger partial charge in [0.1, 0.15) is 0 Å². The molecule has 3 aromatic carbocycles. The summed E-state index contributed by atoms with van der Waals surface area (Å²) in [5, 5.41) is 4.50. The van der Waals surface area contributed by atoms with Crippen LogP contribution in [0.2, 0.25) is 6.55 Å². The molecule has 0 amide bonds. The number of allylic oxidation sites excluding steroid dienone is 4. The predicted octanol–water partition coefficient (Wildman–Crippen LogP) is -4.28. The van der Waals surface area contributed by atoms with Crippen LogP contribution >= 0.6 is 0 Å². The Morgan fingerprint density at radius 3 is 1.52 bits per heavy atom. The van der Waals surface area contributed by atoms with Crippen LogP contribution in [0.3, 0.4) is 0 Å². The van der Waals surface area contributed by atoms with Crippen molar-refractivity contribution < 1.29 is 57.7 Å². The summed E-state index contributed by atoms with van der Waals surface area (Å²) in [6, 6.07) is 33.1. The standard InChI is InChI=1S/C24H21Si.3ClH.Ti/c1-25(21-14-7-3-8-15-21,22-16-9-4-10-17-22)24-19-11-18-23(24)20-12-5-2-6-13-20;;;;/h2-10,12-17,19H,11H2,1H3;3*1H;/q;;;;+3/p-3. The van der Waals surface area contributed by atoms with Crippen molar-refractivity contribution in [1.82, 2.24) is 0 Å². The van der Waals surface area contributed by atoms with Crippen LogP contribution in [0.1, 0.15) is 12.0 Å². The van der Waals surface area contributed by atoms with E-state index in [2.05, 4.69) is 124 Å². The molecule has 1 aliphatic carbocycles. The molecule has 0 bridgehead atoms. The second-order valence-electron chi connectivity index (χ2n) is 6.90. The Labute approximate surface area is 205 Å². The zero-order chi connectivity index (χ0) is 18.0. The average Bonchev–Trinajstić information content (AvgIpc) is 3.11. The van der Waals surface area contributed by atoms with Crippen LogP contribution in [0.15, 0.2) is 106 Å². The van der Waals surface area contributed by atoms with Crippen molar-refractivity contribution in [3.05, 3.63) is 112 Å². The molecule has 0 saturated heterocycles. The van der Waals surface area contributed by atoms with Gasteiger partial charge in [-0.1, -0.05) is 0 Å². The van der Waals surface area contributed by atoms with Crippen molar-refractivity contribution >= 4 is 24.0 Å². The molecule has 0 heterocycles. The minimum Gasteiger partial charge on any atom is -1.00 e. The van der Waals surface area contributed by atoms with Gasteiger partial charge in [0.05, 0.1) is 0 Å². The Kier molecular flexibility index (Phi) is 10.2. The minimum absolute atomic E-state index is 0. The summed E-state index contributed by atoms with van der Waals surface area (Å²) in [6.45, 7) is 2.50. The third kappa shape index (κ3) is 4.99. The third-order valence-electron chi connectivity index (χ3n) is 5.38. The van der Waals surface area contributed by atoms with Gasteiger partial charge in [-0.25, -0.2) is 0 Å². The van der Waals surface area contributed by atoms with Gasteiger partial charge < -0.3 is 37.2 Å². The maximum Gasteiger partial charge on any atom is -1.00 e. The van der Waals surface area contributed by atoms with Crippen molar-refractivity contribution in [2.45, 2.75) is 13.0 Å². The molecule has 0 atom stereocenters. The Morgan fingerprint density at radius 1 is 0.655 bits per heavy atom. The summed E-state index contributed by atoms with van der Waals surface area (Å²) in [5.74, 6) is 0. The Bertz CT molecular complexity index is 931. The summed E-state index contributed by atoms with van der Waals surface area (Å²) >= 11 is 2.29. The van der Waals surface area contributed by atoms with Crippen LogP contribution in [0.4, 0.5) is 0 Å². The quantitative estimate of drug-likeness (QED) is 0.324. The summed E-state index contributed by atoms with van der Waals surface area (Å²) in [5.41, 5.74) is 2.81. The van der Waals surface area contributed by atoms with Gasteiger partial charge in [0, 0.05) is 0 Å². The van der Waals surface area contributed by atoms with Crippen LogP contribution in [0, 0.1) is 0 Å². The van der Waals surface area contributed by atoms with Crippen molar-refractivity contribution in [2.24, 2.45) is 0 Å². The van der Waals surface area contributed by atoms with Crippen molar-refractivity contribution in [1.29, 1.82) is 0 Å². The first-order valence-corrected chi connectivity index (χ1v) is 12.3. The van der Waals surface area contributed by atoms with E-state index in [1.807, 2.05) is 0 Å². The molecular formula is C24H21Cl3SiTi. The summed E-state index contributed by atoms with van der Waals surface area (Å²) < 4.78 is 1.48. The van der Waals surface area contributed by atoms with E-state index in [0.717, 1.165) is 6.42 Å². The largest absolute Gasteiger partial charge is 1.00 e. The van der Waals surface area contributed by atoms with Gasteiger partial charge in [0.25, 0.3) is 0 Å². The molecule has 0 nitrogen and oxygen atoms in total. The topological polar surface area (TPSA) is 0 Å². The van der Waals surface area contributed by atoms with Gasteiger partial charge in [0.2, 0.25) is 0 Å². The predicted molar refractivity (Wildman–Crippen MR) is 110 cm³/mol. The Morgan fingerprint density at radius 2 is 1.07 bits per heavy atom. The molecule has 0 spiro atoms. The van der Waals surface area contributed by atoms with E-state index in [1.165, 1.54) is 25.4 Å². The Hall–Kier alpha value is -1.06. The molecule has 5 heteroatoms. The van der Waals surface area contributed by atoms with Crippen molar-refractivity contribution in [2.75, 3.05) is 0 Å². The van der Waals surface area contributed by atoms with E-state index in [4.69, 9.17) is 0 Å². The van der Waals surface area contributed by atoms with Crippen LogP contribution < -0.4 is 47.6 Å². The fourth-order valence-electron chi connectivity index (χ4n) is 3.98. The van der Waals surface area contributed by atoms with E-state index < -0.39 is 8.07 Å². The van der Waals surface area contributed by atoms with E-state index in [9.17, 15) is 0 Å². The maximum absolute atomic E-state index is 2.50. The van der Waals surface area contributed by atoms with E-state index in [-0.39, 0.29) is 37.2 Å². The second-order valence-corrected chi connectivity index (χ2v) is 11.8. The fourth-order valence-corrected chi connectivity index (χ4v) is 8.75. The normalized spacial score (nSPS) is 13.0. The number of hydrogen-bond acceptors (Lipinski definition) is 0. The molecular weight excluding hydrogens is 471 g/mol. The van der Waals surface area contributed by atoms with Gasteiger partial charge in [-0.2, -0.15) is 0 Å². The molecule has 29 heavy (non-hydrogen) atoms. The first kappa shape index (κ1) is 26.0. The van der Waals surface area contributed by atoms with Crippen LogP contribution in [-0.4, -0.2) is 8.07 Å². The average molecular weight is 492 g/mol. The first-order chi connectivity index (χ1) is 12.7.